The van der Waals surface area contributed by atoms with Gasteiger partial charge in [-0.3, -0.25) is 24.5 Å². The molecule has 18 heavy (non-hydrogen) atoms. The van der Waals surface area contributed by atoms with Crippen LogP contribution >= 0.6 is 0 Å². The van der Waals surface area contributed by atoms with Gasteiger partial charge in [0.25, 0.3) is 0 Å². The van der Waals surface area contributed by atoms with Crippen molar-refractivity contribution in [3.63, 3.8) is 0 Å². The summed E-state index contributed by atoms with van der Waals surface area (Å²) in [5, 5.41) is 19.0. The fourth-order valence-electron chi connectivity index (χ4n) is 1.27. The van der Waals surface area contributed by atoms with Crippen molar-refractivity contribution in [1.82, 2.24) is 9.55 Å². The number of allylic oxidation sites excluding steroid dienone is 1. The van der Waals surface area contributed by atoms with Crippen molar-refractivity contribution in [2.24, 2.45) is 0 Å². The molecule has 0 atom stereocenters. The first-order valence-electron chi connectivity index (χ1n) is 4.69. The number of carbonyl (C=O) groups is 1. The first-order chi connectivity index (χ1) is 8.31. The minimum atomic E-state index is -1.19. The zero-order chi connectivity index (χ0) is 13.9. The Morgan fingerprint density at radius 2 is 2.22 bits per heavy atom. The van der Waals surface area contributed by atoms with Crippen LogP contribution < -0.4 is 11.2 Å². The Kier molecular flexibility index (Phi) is 3.77. The van der Waals surface area contributed by atoms with Gasteiger partial charge >= 0.3 is 22.9 Å². The third-order valence-corrected chi connectivity index (χ3v) is 1.98. The second-order valence-corrected chi connectivity index (χ2v) is 3.49. The molecule has 0 aliphatic rings. The molecule has 96 valence electrons. The first kappa shape index (κ1) is 13.4. The second kappa shape index (κ2) is 5.08. The molecule has 0 aliphatic heterocycles. The Labute approximate surface area is 99.1 Å². The molecule has 1 heterocycles. The largest absolute Gasteiger partial charge is 0.478 e. The maximum absolute atomic E-state index is 11.3. The van der Waals surface area contributed by atoms with E-state index in [0.29, 0.717) is 5.57 Å². The van der Waals surface area contributed by atoms with Gasteiger partial charge in [-0.1, -0.05) is 0 Å². The number of nitrogens with zero attached hydrogens (tertiary/aromatic N) is 2. The van der Waals surface area contributed by atoms with E-state index in [9.17, 15) is 24.5 Å². The van der Waals surface area contributed by atoms with Crippen LogP contribution in [0.5, 0.6) is 0 Å². The summed E-state index contributed by atoms with van der Waals surface area (Å²) in [6, 6.07) is 0. The van der Waals surface area contributed by atoms with Gasteiger partial charge in [0, 0.05) is 12.6 Å². The number of carboxylic acid groups (broad SMARTS) is 1. The highest BCUT2D eigenvalue weighted by molar-refractivity contribution is 5.80. The lowest BCUT2D eigenvalue weighted by Crippen LogP contribution is -2.31. The Morgan fingerprint density at radius 1 is 1.61 bits per heavy atom. The minimum Gasteiger partial charge on any atom is -0.478 e. The van der Waals surface area contributed by atoms with E-state index in [1.54, 1.807) is 4.98 Å². The van der Waals surface area contributed by atoms with Crippen LogP contribution in [-0.4, -0.2) is 25.6 Å². The van der Waals surface area contributed by atoms with Crippen molar-refractivity contribution >= 4 is 11.7 Å². The van der Waals surface area contributed by atoms with Crippen LogP contribution in [-0.2, 0) is 11.3 Å². The number of hydrogen-bond acceptors (Lipinski definition) is 5. The average Bonchev–Trinajstić information content (AvgIpc) is 2.20. The molecule has 0 saturated heterocycles. The molecule has 0 radical (unpaired) electrons. The minimum absolute atomic E-state index is 0.164. The molecule has 0 bridgehead atoms. The van der Waals surface area contributed by atoms with E-state index in [4.69, 9.17) is 5.11 Å². The van der Waals surface area contributed by atoms with E-state index in [0.717, 1.165) is 16.8 Å². The van der Waals surface area contributed by atoms with Crippen LogP contribution in [0.3, 0.4) is 0 Å². The van der Waals surface area contributed by atoms with E-state index in [1.165, 1.54) is 6.92 Å². The highest BCUT2D eigenvalue weighted by atomic mass is 16.6. The fraction of sp³-hybridized carbons (Fsp3) is 0.222. The summed E-state index contributed by atoms with van der Waals surface area (Å²) in [6.45, 7) is 1.28. The van der Waals surface area contributed by atoms with Crippen LogP contribution in [0.2, 0.25) is 0 Å². The van der Waals surface area contributed by atoms with Crippen LogP contribution in [0.15, 0.2) is 27.4 Å². The number of carboxylic acids is 1. The summed E-state index contributed by atoms with van der Waals surface area (Å²) in [5.41, 5.74) is -2.42. The van der Waals surface area contributed by atoms with Crippen molar-refractivity contribution < 1.29 is 14.8 Å². The second-order valence-electron chi connectivity index (χ2n) is 3.49. The molecule has 0 aliphatic carbocycles. The van der Waals surface area contributed by atoms with Crippen LogP contribution in [0.1, 0.15) is 6.92 Å². The van der Waals surface area contributed by atoms with E-state index < -0.39 is 27.8 Å². The summed E-state index contributed by atoms with van der Waals surface area (Å²) in [6.07, 6.45) is 1.64. The summed E-state index contributed by atoms with van der Waals surface area (Å²) >= 11 is 0. The highest BCUT2D eigenvalue weighted by Gasteiger charge is 2.14. The molecule has 0 saturated carbocycles. The van der Waals surface area contributed by atoms with E-state index >= 15 is 0 Å². The predicted molar refractivity (Wildman–Crippen MR) is 59.4 cm³/mol. The van der Waals surface area contributed by atoms with Gasteiger partial charge in [-0.05, 0) is 12.5 Å². The lowest BCUT2D eigenvalue weighted by Gasteiger charge is -2.04. The molecule has 0 spiro atoms. The molecule has 0 aromatic carbocycles. The third-order valence-electron chi connectivity index (χ3n) is 1.98. The number of nitrogens with one attached hydrogen (secondary N) is 1. The van der Waals surface area contributed by atoms with E-state index in [1.807, 2.05) is 0 Å². The number of hydrogen-bond donors (Lipinski definition) is 2. The zero-order valence-corrected chi connectivity index (χ0v) is 9.24. The van der Waals surface area contributed by atoms with Gasteiger partial charge < -0.3 is 5.11 Å². The van der Waals surface area contributed by atoms with Crippen LogP contribution in [0, 0.1) is 10.1 Å². The van der Waals surface area contributed by atoms with Gasteiger partial charge in [0.15, 0.2) is 0 Å². The van der Waals surface area contributed by atoms with Gasteiger partial charge in [-0.25, -0.2) is 9.59 Å². The van der Waals surface area contributed by atoms with Gasteiger partial charge in [-0.15, -0.1) is 0 Å². The highest BCUT2D eigenvalue weighted by Crippen LogP contribution is 2.02. The molecule has 9 heteroatoms. The van der Waals surface area contributed by atoms with Crippen LogP contribution in [0.25, 0.3) is 0 Å². The van der Waals surface area contributed by atoms with Crippen LogP contribution in [0.4, 0.5) is 5.69 Å². The van der Waals surface area contributed by atoms with Crippen molar-refractivity contribution in [3.05, 3.63) is 48.8 Å². The molecule has 2 N–H and O–H groups in total. The Morgan fingerprint density at radius 3 is 2.72 bits per heavy atom. The predicted octanol–water partition coefficient (Wildman–Crippen LogP) is -0.524. The SMILES string of the molecule is CC(=CC(=O)O)Cn1cc([N+](=O)[O-])c(=O)[nH]c1=O. The topological polar surface area (TPSA) is 135 Å². The summed E-state index contributed by atoms with van der Waals surface area (Å²) in [4.78, 5) is 44.2. The molecule has 1 aromatic rings. The number of H-pyrrole nitrogens is 1. The van der Waals surface area contributed by atoms with E-state index in [-0.39, 0.29) is 6.54 Å². The lowest BCUT2D eigenvalue weighted by molar-refractivity contribution is -0.386. The van der Waals surface area contributed by atoms with Crippen molar-refractivity contribution in [2.75, 3.05) is 0 Å². The van der Waals surface area contributed by atoms with E-state index in [2.05, 4.69) is 0 Å². The number of rotatable bonds is 4. The molecule has 1 rings (SSSR count). The molecule has 0 amide bonds. The number of nitro groups is 1. The number of aromatic nitrogens is 2. The van der Waals surface area contributed by atoms with Gasteiger partial charge in [0.05, 0.1) is 11.1 Å². The molecule has 0 unspecified atom stereocenters. The summed E-state index contributed by atoms with van der Waals surface area (Å²) < 4.78 is 0.855. The number of aromatic amines is 1. The standard InChI is InChI=1S/C9H9N3O6/c1-5(2-7(13)14)3-11-4-6(12(17)18)8(15)10-9(11)16/h2,4H,3H2,1H3,(H,13,14)(H,10,15,16). The van der Waals surface area contributed by atoms with Crippen molar-refractivity contribution in [2.45, 2.75) is 13.5 Å². The third kappa shape index (κ3) is 3.14. The van der Waals surface area contributed by atoms with Gasteiger partial charge in [-0.2, -0.15) is 0 Å². The monoisotopic (exact) mass is 255 g/mol. The molecular formula is C9H9N3O6. The fourth-order valence-corrected chi connectivity index (χ4v) is 1.27. The first-order valence-corrected chi connectivity index (χ1v) is 4.69. The maximum Gasteiger partial charge on any atom is 0.350 e. The summed E-state index contributed by atoms with van der Waals surface area (Å²) in [5.74, 6) is -1.19. The lowest BCUT2D eigenvalue weighted by atomic mass is 10.3. The van der Waals surface area contributed by atoms with Crippen molar-refractivity contribution in [3.8, 4) is 0 Å². The molecule has 1 aromatic heterocycles. The van der Waals surface area contributed by atoms with Crippen molar-refractivity contribution in [1.29, 1.82) is 0 Å². The molecule has 9 nitrogen and oxygen atoms in total. The van der Waals surface area contributed by atoms with Gasteiger partial charge in [0.2, 0.25) is 0 Å². The van der Waals surface area contributed by atoms with Gasteiger partial charge in [0.1, 0.15) is 0 Å². The average molecular weight is 255 g/mol. The zero-order valence-electron chi connectivity index (χ0n) is 9.24. The Bertz CT molecular complexity index is 638. The molecular weight excluding hydrogens is 246 g/mol. The quantitative estimate of drug-likeness (QED) is 0.422. The molecule has 0 fully saturated rings. The Hall–Kier alpha value is -2.71. The normalized spacial score (nSPS) is 11.3. The maximum atomic E-state index is 11.3. The smallest absolute Gasteiger partial charge is 0.350 e. The summed E-state index contributed by atoms with van der Waals surface area (Å²) in [7, 11) is 0. The number of aliphatic carboxylic acids is 1. The Balaban J connectivity index is 3.22.